The predicted molar refractivity (Wildman–Crippen MR) is 110 cm³/mol. The maximum Gasteiger partial charge on any atom is 0.244 e. The summed E-state index contributed by atoms with van der Waals surface area (Å²) in [6.07, 6.45) is 0. The number of rotatable bonds is 4. The van der Waals surface area contributed by atoms with E-state index in [1.54, 1.807) is 18.2 Å². The van der Waals surface area contributed by atoms with E-state index in [9.17, 15) is 5.26 Å². The topological polar surface area (TPSA) is 97.0 Å². The Morgan fingerprint density at radius 2 is 1.97 bits per heavy atom. The lowest BCUT2D eigenvalue weighted by Gasteiger charge is -2.24. The van der Waals surface area contributed by atoms with Gasteiger partial charge >= 0.3 is 0 Å². The Kier molecular flexibility index (Phi) is 5.10. The minimum atomic E-state index is -0.407. The van der Waals surface area contributed by atoms with Crippen LogP contribution in [0.5, 0.6) is 11.6 Å². The van der Waals surface area contributed by atoms with Crippen molar-refractivity contribution in [2.45, 2.75) is 19.4 Å². The molecule has 4 rings (SSSR count). The Hall–Kier alpha value is -3.14. The number of benzene rings is 2. The van der Waals surface area contributed by atoms with Crippen LogP contribution in [0.3, 0.4) is 0 Å². The molecule has 2 aromatic carbocycles. The number of allylic oxidation sites excluding steroid dienone is 1. The molecule has 146 valence electrons. The van der Waals surface area contributed by atoms with Crippen molar-refractivity contribution in [2.24, 2.45) is 5.73 Å². The Bertz CT molecular complexity index is 1140. The van der Waals surface area contributed by atoms with E-state index in [-0.39, 0.29) is 12.5 Å². The number of nitrogens with two attached hydrogens (primary N) is 1. The first-order valence-corrected chi connectivity index (χ1v) is 9.53. The molecule has 0 spiro atoms. The van der Waals surface area contributed by atoms with Crippen LogP contribution < -0.4 is 15.2 Å². The number of aromatic nitrogens is 2. The molecule has 0 aliphatic carbocycles. The van der Waals surface area contributed by atoms with Gasteiger partial charge in [0.05, 0.1) is 5.92 Å². The molecular formula is C21H16Cl2N4O2. The number of aryl methyl sites for hydroxylation is 1. The third-order valence-electron chi connectivity index (χ3n) is 4.77. The molecule has 29 heavy (non-hydrogen) atoms. The largest absolute Gasteiger partial charge is 0.489 e. The van der Waals surface area contributed by atoms with Gasteiger partial charge in [-0.1, -0.05) is 41.4 Å². The van der Waals surface area contributed by atoms with Crippen LogP contribution >= 0.6 is 23.2 Å². The maximum absolute atomic E-state index is 9.67. The fourth-order valence-corrected chi connectivity index (χ4v) is 3.85. The standard InChI is InChI=1S/C21H16Cl2N4O2/c1-11-18-19(14(9-24)20(25)29-21(18)27-26-11)12-4-2-5-13(8-12)28-10-15-16(22)6-3-7-17(15)23/h2-8,19H,10,25H2,1H3,(H,26,27). The van der Waals surface area contributed by atoms with Crippen LogP contribution in [0, 0.1) is 18.3 Å². The minimum absolute atomic E-state index is 0.0469. The zero-order valence-electron chi connectivity index (χ0n) is 15.4. The monoisotopic (exact) mass is 426 g/mol. The Balaban J connectivity index is 1.68. The van der Waals surface area contributed by atoms with Crippen LogP contribution in [0.25, 0.3) is 0 Å². The summed E-state index contributed by atoms with van der Waals surface area (Å²) >= 11 is 12.4. The van der Waals surface area contributed by atoms with Crippen molar-refractivity contribution in [1.82, 2.24) is 10.2 Å². The first kappa shape index (κ1) is 19.2. The molecule has 3 aromatic rings. The quantitative estimate of drug-likeness (QED) is 0.622. The van der Waals surface area contributed by atoms with Gasteiger partial charge in [0.1, 0.15) is 24.0 Å². The van der Waals surface area contributed by atoms with Crippen LogP contribution in [0.15, 0.2) is 53.9 Å². The highest BCUT2D eigenvalue weighted by Gasteiger charge is 2.34. The fraction of sp³-hybridized carbons (Fsp3) is 0.143. The van der Waals surface area contributed by atoms with Gasteiger partial charge < -0.3 is 15.2 Å². The minimum Gasteiger partial charge on any atom is -0.489 e. The summed E-state index contributed by atoms with van der Waals surface area (Å²) in [5.74, 6) is 0.627. The van der Waals surface area contributed by atoms with E-state index in [4.69, 9.17) is 38.4 Å². The van der Waals surface area contributed by atoms with Gasteiger partial charge in [-0.05, 0) is 36.8 Å². The van der Waals surface area contributed by atoms with Gasteiger partial charge in [0.15, 0.2) is 0 Å². The van der Waals surface area contributed by atoms with E-state index < -0.39 is 5.92 Å². The summed E-state index contributed by atoms with van der Waals surface area (Å²) in [6.45, 7) is 2.09. The van der Waals surface area contributed by atoms with Crippen molar-refractivity contribution in [1.29, 1.82) is 5.26 Å². The van der Waals surface area contributed by atoms with E-state index in [0.717, 1.165) is 16.8 Å². The zero-order chi connectivity index (χ0) is 20.5. The highest BCUT2D eigenvalue weighted by Crippen LogP contribution is 2.43. The fourth-order valence-electron chi connectivity index (χ4n) is 3.34. The zero-order valence-corrected chi connectivity index (χ0v) is 16.9. The number of halogens is 2. The van der Waals surface area contributed by atoms with Crippen LogP contribution in [0.4, 0.5) is 0 Å². The average Bonchev–Trinajstić information content (AvgIpc) is 3.07. The van der Waals surface area contributed by atoms with Gasteiger partial charge in [0.25, 0.3) is 0 Å². The van der Waals surface area contributed by atoms with Crippen molar-refractivity contribution in [3.8, 4) is 17.7 Å². The summed E-state index contributed by atoms with van der Waals surface area (Å²) in [5, 5.41) is 17.8. The number of aromatic amines is 1. The van der Waals surface area contributed by atoms with Crippen molar-refractivity contribution >= 4 is 23.2 Å². The molecule has 0 amide bonds. The number of fused-ring (bicyclic) bond motifs is 1. The van der Waals surface area contributed by atoms with Gasteiger partial charge in [0.2, 0.25) is 11.8 Å². The highest BCUT2D eigenvalue weighted by molar-refractivity contribution is 6.35. The Morgan fingerprint density at radius 3 is 2.69 bits per heavy atom. The van der Waals surface area contributed by atoms with Gasteiger partial charge in [-0.2, -0.15) is 5.26 Å². The molecular weight excluding hydrogens is 411 g/mol. The first-order chi connectivity index (χ1) is 14.0. The molecule has 3 N–H and O–H groups in total. The molecule has 1 atom stereocenters. The van der Waals surface area contributed by atoms with Crippen LogP contribution in [0.1, 0.15) is 28.3 Å². The third kappa shape index (κ3) is 3.51. The Labute approximate surface area is 177 Å². The molecule has 0 saturated heterocycles. The lowest BCUT2D eigenvalue weighted by Crippen LogP contribution is -2.21. The van der Waals surface area contributed by atoms with Crippen molar-refractivity contribution < 1.29 is 9.47 Å². The molecule has 2 heterocycles. The van der Waals surface area contributed by atoms with Crippen molar-refractivity contribution in [3.05, 3.63) is 86.4 Å². The van der Waals surface area contributed by atoms with Crippen LogP contribution in [0.2, 0.25) is 10.0 Å². The van der Waals surface area contributed by atoms with Crippen LogP contribution in [-0.4, -0.2) is 10.2 Å². The van der Waals surface area contributed by atoms with E-state index >= 15 is 0 Å². The predicted octanol–water partition coefficient (Wildman–Crippen LogP) is 4.82. The summed E-state index contributed by atoms with van der Waals surface area (Å²) in [4.78, 5) is 0. The molecule has 1 aromatic heterocycles. The summed E-state index contributed by atoms with van der Waals surface area (Å²) < 4.78 is 11.4. The van der Waals surface area contributed by atoms with Gasteiger partial charge in [-0.15, -0.1) is 5.10 Å². The van der Waals surface area contributed by atoms with Crippen molar-refractivity contribution in [2.75, 3.05) is 0 Å². The second-order valence-electron chi connectivity index (χ2n) is 6.55. The lowest BCUT2D eigenvalue weighted by atomic mass is 9.84. The van der Waals surface area contributed by atoms with Crippen LogP contribution in [-0.2, 0) is 6.61 Å². The molecule has 0 bridgehead atoms. The third-order valence-corrected chi connectivity index (χ3v) is 5.47. The second-order valence-corrected chi connectivity index (χ2v) is 7.37. The molecule has 0 saturated carbocycles. The second kappa shape index (κ2) is 7.70. The number of hydrogen-bond donors (Lipinski definition) is 2. The summed E-state index contributed by atoms with van der Waals surface area (Å²) in [6, 6.07) is 14.9. The van der Waals surface area contributed by atoms with E-state index in [1.165, 1.54) is 0 Å². The van der Waals surface area contributed by atoms with Gasteiger partial charge in [0, 0.05) is 26.9 Å². The maximum atomic E-state index is 9.67. The number of nitriles is 1. The highest BCUT2D eigenvalue weighted by atomic mass is 35.5. The number of H-pyrrole nitrogens is 1. The van der Waals surface area contributed by atoms with Gasteiger partial charge in [-0.25, -0.2) is 0 Å². The van der Waals surface area contributed by atoms with E-state index in [0.29, 0.717) is 32.8 Å². The molecule has 1 aliphatic heterocycles. The number of nitrogens with one attached hydrogen (secondary N) is 1. The molecule has 0 fully saturated rings. The average molecular weight is 427 g/mol. The normalized spacial score (nSPS) is 15.4. The first-order valence-electron chi connectivity index (χ1n) is 8.77. The summed E-state index contributed by atoms with van der Waals surface area (Å²) in [7, 11) is 0. The molecule has 1 unspecified atom stereocenters. The smallest absolute Gasteiger partial charge is 0.244 e. The SMILES string of the molecule is Cc1[nH]nc2c1C(c1cccc(OCc3c(Cl)cccc3Cl)c1)C(C#N)=C(N)O2. The molecule has 8 heteroatoms. The molecule has 1 aliphatic rings. The van der Waals surface area contributed by atoms with Crippen molar-refractivity contribution in [3.63, 3.8) is 0 Å². The molecule has 0 radical (unpaired) electrons. The van der Waals surface area contributed by atoms with Gasteiger partial charge in [-0.3, -0.25) is 5.10 Å². The van der Waals surface area contributed by atoms with E-state index in [1.807, 2.05) is 31.2 Å². The number of ether oxygens (including phenoxy) is 2. The van der Waals surface area contributed by atoms with E-state index in [2.05, 4.69) is 16.3 Å². The molecule has 6 nitrogen and oxygen atoms in total. The lowest BCUT2D eigenvalue weighted by molar-refractivity contribution is 0.306. The Morgan fingerprint density at radius 1 is 1.24 bits per heavy atom. The summed E-state index contributed by atoms with van der Waals surface area (Å²) in [5.41, 5.74) is 9.42. The number of hydrogen-bond acceptors (Lipinski definition) is 5. The number of nitrogens with zero attached hydrogens (tertiary/aromatic N) is 2.